The molecule has 2 N–H and O–H groups in total. The lowest BCUT2D eigenvalue weighted by atomic mass is 10.1. The average molecular weight is 392 g/mol. The third-order valence-corrected chi connectivity index (χ3v) is 5.03. The van der Waals surface area contributed by atoms with Gasteiger partial charge in [-0.05, 0) is 70.0 Å². The van der Waals surface area contributed by atoms with Crippen LogP contribution in [0, 0.1) is 13.8 Å². The number of hydrogen-bond acceptors (Lipinski definition) is 5. The van der Waals surface area contributed by atoms with Crippen molar-refractivity contribution in [2.75, 3.05) is 26.2 Å². The minimum atomic E-state index is -0.185. The first-order valence-electron chi connectivity index (χ1n) is 9.36. The summed E-state index contributed by atoms with van der Waals surface area (Å²) < 4.78 is 7.63. The lowest BCUT2D eigenvalue weighted by molar-refractivity contribution is 0.0945. The third kappa shape index (κ3) is 4.99. The van der Waals surface area contributed by atoms with Crippen molar-refractivity contribution < 1.29 is 9.53 Å². The van der Waals surface area contributed by atoms with E-state index in [9.17, 15) is 4.79 Å². The number of carbonyl (C=O) groups is 1. The van der Waals surface area contributed by atoms with Crippen molar-refractivity contribution >= 4 is 17.5 Å². The highest BCUT2D eigenvalue weighted by atomic mass is 35.5. The summed E-state index contributed by atoms with van der Waals surface area (Å²) in [5.41, 5.74) is 2.23. The summed E-state index contributed by atoms with van der Waals surface area (Å²) >= 11 is 5.94. The molecule has 8 heteroatoms. The number of hydrogen-bond donors (Lipinski definition) is 2. The normalized spacial score (nSPS) is 14.9. The highest BCUT2D eigenvalue weighted by Crippen LogP contribution is 2.22. The monoisotopic (exact) mass is 391 g/mol. The van der Waals surface area contributed by atoms with Crippen molar-refractivity contribution in [2.45, 2.75) is 39.2 Å². The molecule has 0 spiro atoms. The van der Waals surface area contributed by atoms with Crippen LogP contribution in [0.25, 0.3) is 0 Å². The number of rotatable bonds is 7. The molecule has 0 bridgehead atoms. The highest BCUT2D eigenvalue weighted by Gasteiger charge is 2.22. The fourth-order valence-electron chi connectivity index (χ4n) is 3.26. The Balaban J connectivity index is 1.45. The van der Waals surface area contributed by atoms with Gasteiger partial charge in [-0.3, -0.25) is 4.79 Å². The number of amides is 1. The summed E-state index contributed by atoms with van der Waals surface area (Å²) in [5.74, 6) is 0.627. The molecule has 2 aromatic rings. The Morgan fingerprint density at radius 3 is 2.89 bits per heavy atom. The van der Waals surface area contributed by atoms with Crippen LogP contribution in [-0.2, 0) is 0 Å². The van der Waals surface area contributed by atoms with Gasteiger partial charge in [-0.2, -0.15) is 0 Å². The van der Waals surface area contributed by atoms with E-state index in [2.05, 4.69) is 20.9 Å². The lowest BCUT2D eigenvalue weighted by Gasteiger charge is -2.23. The number of benzene rings is 1. The summed E-state index contributed by atoms with van der Waals surface area (Å²) in [7, 11) is 0. The van der Waals surface area contributed by atoms with Gasteiger partial charge in [0, 0.05) is 11.6 Å². The zero-order valence-electron chi connectivity index (χ0n) is 15.8. The molecule has 2 heterocycles. The minimum Gasteiger partial charge on any atom is -0.493 e. The van der Waals surface area contributed by atoms with E-state index in [1.165, 1.54) is 0 Å². The van der Waals surface area contributed by atoms with Crippen molar-refractivity contribution in [2.24, 2.45) is 0 Å². The van der Waals surface area contributed by atoms with Crippen LogP contribution >= 0.6 is 11.6 Å². The van der Waals surface area contributed by atoms with Crippen molar-refractivity contribution in [3.05, 3.63) is 40.2 Å². The Hall–Kier alpha value is -2.12. The molecule has 1 fully saturated rings. The summed E-state index contributed by atoms with van der Waals surface area (Å²) in [4.78, 5) is 12.4. The van der Waals surface area contributed by atoms with Crippen LogP contribution < -0.4 is 15.4 Å². The van der Waals surface area contributed by atoms with E-state index in [0.717, 1.165) is 42.9 Å². The topological polar surface area (TPSA) is 81.1 Å². The van der Waals surface area contributed by atoms with E-state index in [0.29, 0.717) is 36.3 Å². The zero-order chi connectivity index (χ0) is 19.2. The first-order valence-corrected chi connectivity index (χ1v) is 9.73. The van der Waals surface area contributed by atoms with E-state index in [4.69, 9.17) is 16.3 Å². The van der Waals surface area contributed by atoms with Gasteiger partial charge in [0.15, 0.2) is 5.69 Å². The molecule has 0 atom stereocenters. The Morgan fingerprint density at radius 2 is 2.15 bits per heavy atom. The van der Waals surface area contributed by atoms with E-state index in [1.807, 2.05) is 30.7 Å². The Kier molecular flexibility index (Phi) is 6.68. The summed E-state index contributed by atoms with van der Waals surface area (Å²) in [5, 5.41) is 15.2. The Morgan fingerprint density at radius 1 is 1.37 bits per heavy atom. The summed E-state index contributed by atoms with van der Waals surface area (Å²) in [6.07, 6.45) is 2.72. The molecule has 1 aliphatic heterocycles. The first kappa shape index (κ1) is 19.6. The molecule has 1 saturated heterocycles. The number of aromatic nitrogens is 3. The molecule has 0 aliphatic carbocycles. The maximum Gasteiger partial charge on any atom is 0.273 e. The maximum absolute atomic E-state index is 12.4. The molecule has 1 aromatic carbocycles. The number of carbonyl (C=O) groups excluding carboxylic acids is 1. The van der Waals surface area contributed by atoms with Crippen LogP contribution in [0.3, 0.4) is 0 Å². The van der Waals surface area contributed by atoms with Crippen LogP contribution in [-0.4, -0.2) is 47.1 Å². The van der Waals surface area contributed by atoms with E-state index in [1.54, 1.807) is 6.07 Å². The second kappa shape index (κ2) is 9.19. The van der Waals surface area contributed by atoms with Crippen molar-refractivity contribution in [1.82, 2.24) is 25.6 Å². The number of ether oxygens (including phenoxy) is 1. The Labute approximate surface area is 164 Å². The third-order valence-electron chi connectivity index (χ3n) is 4.80. The maximum atomic E-state index is 12.4. The van der Waals surface area contributed by atoms with Crippen molar-refractivity contribution in [3.8, 4) is 5.75 Å². The van der Waals surface area contributed by atoms with Gasteiger partial charge in [-0.15, -0.1) is 5.10 Å². The molecule has 0 radical (unpaired) electrons. The highest BCUT2D eigenvalue weighted by molar-refractivity contribution is 6.30. The number of nitrogens with one attached hydrogen (secondary N) is 2. The fourth-order valence-corrected chi connectivity index (χ4v) is 3.49. The second-order valence-corrected chi connectivity index (χ2v) is 7.25. The molecule has 7 nitrogen and oxygen atoms in total. The summed E-state index contributed by atoms with van der Waals surface area (Å²) in [6, 6.07) is 5.85. The predicted molar refractivity (Wildman–Crippen MR) is 105 cm³/mol. The van der Waals surface area contributed by atoms with Gasteiger partial charge in [0.05, 0.1) is 18.3 Å². The molecule has 3 rings (SSSR count). The van der Waals surface area contributed by atoms with Gasteiger partial charge >= 0.3 is 0 Å². The molecular formula is C19H26ClN5O2. The van der Waals surface area contributed by atoms with E-state index < -0.39 is 0 Å². The number of halogens is 1. The molecule has 0 saturated carbocycles. The van der Waals surface area contributed by atoms with Gasteiger partial charge in [-0.1, -0.05) is 16.8 Å². The molecule has 146 valence electrons. The van der Waals surface area contributed by atoms with Crippen LogP contribution in [0.4, 0.5) is 0 Å². The van der Waals surface area contributed by atoms with E-state index >= 15 is 0 Å². The number of piperidine rings is 1. The van der Waals surface area contributed by atoms with Gasteiger partial charge in [0.2, 0.25) is 0 Å². The largest absolute Gasteiger partial charge is 0.493 e. The lowest BCUT2D eigenvalue weighted by Crippen LogP contribution is -2.30. The molecule has 1 aliphatic rings. The fraction of sp³-hybridized carbons (Fsp3) is 0.526. The predicted octanol–water partition coefficient (Wildman–Crippen LogP) is 2.67. The van der Waals surface area contributed by atoms with Crippen LogP contribution in [0.5, 0.6) is 5.75 Å². The molecular weight excluding hydrogens is 366 g/mol. The van der Waals surface area contributed by atoms with Gasteiger partial charge < -0.3 is 15.4 Å². The molecule has 1 amide bonds. The average Bonchev–Trinajstić information content (AvgIpc) is 3.05. The summed E-state index contributed by atoms with van der Waals surface area (Å²) in [6.45, 7) is 6.84. The first-order chi connectivity index (χ1) is 13.1. The number of aryl methyl sites for hydroxylation is 1. The van der Waals surface area contributed by atoms with Crippen LogP contribution in [0.1, 0.15) is 47.1 Å². The van der Waals surface area contributed by atoms with Gasteiger partial charge in [0.25, 0.3) is 5.91 Å². The number of nitrogens with zero attached hydrogens (tertiary/aromatic N) is 3. The van der Waals surface area contributed by atoms with Gasteiger partial charge in [-0.25, -0.2) is 4.68 Å². The second-order valence-electron chi connectivity index (χ2n) is 6.82. The Bertz CT molecular complexity index is 786. The molecule has 1 aromatic heterocycles. The molecule has 27 heavy (non-hydrogen) atoms. The smallest absolute Gasteiger partial charge is 0.273 e. The van der Waals surface area contributed by atoms with E-state index in [-0.39, 0.29) is 5.91 Å². The van der Waals surface area contributed by atoms with Gasteiger partial charge in [0.1, 0.15) is 5.75 Å². The minimum absolute atomic E-state index is 0.185. The van der Waals surface area contributed by atoms with Crippen LogP contribution in [0.2, 0.25) is 5.02 Å². The SMILES string of the molecule is Cc1cc(Cl)ccc1OCCCNC(=O)c1nnn(C2CCNCC2)c1C. The van der Waals surface area contributed by atoms with Crippen molar-refractivity contribution in [3.63, 3.8) is 0 Å². The zero-order valence-corrected chi connectivity index (χ0v) is 16.6. The van der Waals surface area contributed by atoms with Crippen molar-refractivity contribution in [1.29, 1.82) is 0 Å². The quantitative estimate of drug-likeness (QED) is 0.709. The van der Waals surface area contributed by atoms with Crippen LogP contribution in [0.15, 0.2) is 18.2 Å². The molecule has 0 unspecified atom stereocenters. The standard InChI is InChI=1S/C19H26ClN5O2/c1-13-12-15(20)4-5-17(13)27-11-3-8-22-19(26)18-14(2)25(24-23-18)16-6-9-21-10-7-16/h4-5,12,16,21H,3,6-11H2,1-2H3,(H,22,26).